The normalized spacial score (nSPS) is 16.2. The maximum atomic E-state index is 5.71. The minimum atomic E-state index is 0.385. The van der Waals surface area contributed by atoms with Gasteiger partial charge in [-0.1, -0.05) is 6.92 Å². The molecule has 1 atom stereocenters. The Labute approximate surface area is 132 Å². The fourth-order valence-electron chi connectivity index (χ4n) is 2.24. The van der Waals surface area contributed by atoms with Crippen LogP contribution >= 0.6 is 11.3 Å². The number of likely N-dealkylation sites (N-methyl/N-ethyl adjacent to an activating group) is 1. The van der Waals surface area contributed by atoms with Crippen LogP contribution in [0.2, 0.25) is 0 Å². The molecule has 5 heteroatoms. The molecule has 0 bridgehead atoms. The summed E-state index contributed by atoms with van der Waals surface area (Å²) in [4.78, 5) is 8.27. The third-order valence-corrected chi connectivity index (χ3v) is 5.32. The monoisotopic (exact) mass is 311 g/mol. The first-order valence-electron chi connectivity index (χ1n) is 8.11. The zero-order chi connectivity index (χ0) is 15.2. The summed E-state index contributed by atoms with van der Waals surface area (Å²) in [6.07, 6.45) is 3.87. The van der Waals surface area contributed by atoms with Gasteiger partial charge in [0.2, 0.25) is 0 Å². The standard InChI is InChI=1S/C16H29N3OS/c1-5-8-17-12(2)15-13(3)18-16(21-15)19(4)9-10-20-11-14-6-7-14/h12,14,17H,5-11H2,1-4H3. The molecule has 0 aliphatic heterocycles. The summed E-state index contributed by atoms with van der Waals surface area (Å²) in [6.45, 7) is 10.2. The first-order valence-corrected chi connectivity index (χ1v) is 8.93. The first-order chi connectivity index (χ1) is 10.1. The molecule has 0 amide bonds. The molecule has 1 N–H and O–H groups in total. The van der Waals surface area contributed by atoms with Crippen LogP contribution in [0, 0.1) is 12.8 Å². The minimum absolute atomic E-state index is 0.385. The topological polar surface area (TPSA) is 37.4 Å². The van der Waals surface area contributed by atoms with Crippen molar-refractivity contribution in [1.29, 1.82) is 0 Å². The minimum Gasteiger partial charge on any atom is -0.379 e. The van der Waals surface area contributed by atoms with Gasteiger partial charge in [-0.05, 0) is 45.6 Å². The van der Waals surface area contributed by atoms with Gasteiger partial charge in [0.05, 0.1) is 12.3 Å². The van der Waals surface area contributed by atoms with Crippen molar-refractivity contribution < 1.29 is 4.74 Å². The molecule has 0 radical (unpaired) electrons. The third kappa shape index (κ3) is 5.24. The number of hydrogen-bond donors (Lipinski definition) is 1. The summed E-state index contributed by atoms with van der Waals surface area (Å²) in [5, 5.41) is 4.64. The highest BCUT2D eigenvalue weighted by Gasteiger charge is 2.21. The molecular formula is C16H29N3OS. The highest BCUT2D eigenvalue weighted by Crippen LogP contribution is 2.30. The molecule has 1 heterocycles. The predicted molar refractivity (Wildman–Crippen MR) is 90.4 cm³/mol. The van der Waals surface area contributed by atoms with Crippen molar-refractivity contribution in [3.05, 3.63) is 10.6 Å². The van der Waals surface area contributed by atoms with Gasteiger partial charge in [0.1, 0.15) is 0 Å². The SMILES string of the molecule is CCCNC(C)c1sc(N(C)CCOCC2CC2)nc1C. The lowest BCUT2D eigenvalue weighted by atomic mass is 10.2. The van der Waals surface area contributed by atoms with Crippen molar-refractivity contribution in [1.82, 2.24) is 10.3 Å². The number of nitrogens with zero attached hydrogens (tertiary/aromatic N) is 2. The largest absolute Gasteiger partial charge is 0.379 e. The highest BCUT2D eigenvalue weighted by molar-refractivity contribution is 7.15. The van der Waals surface area contributed by atoms with Gasteiger partial charge in [0.15, 0.2) is 5.13 Å². The van der Waals surface area contributed by atoms with E-state index >= 15 is 0 Å². The number of thiazole rings is 1. The number of aromatic nitrogens is 1. The van der Waals surface area contributed by atoms with Gasteiger partial charge in [0.25, 0.3) is 0 Å². The molecule has 120 valence electrons. The van der Waals surface area contributed by atoms with E-state index in [-0.39, 0.29) is 0 Å². The number of ether oxygens (including phenoxy) is 1. The number of anilines is 1. The van der Waals surface area contributed by atoms with E-state index in [1.165, 1.54) is 17.7 Å². The molecule has 1 aliphatic carbocycles. The number of aryl methyl sites for hydroxylation is 1. The lowest BCUT2D eigenvalue weighted by Crippen LogP contribution is -2.22. The van der Waals surface area contributed by atoms with Crippen LogP contribution in [-0.4, -0.2) is 38.3 Å². The molecule has 1 unspecified atom stereocenters. The zero-order valence-corrected chi connectivity index (χ0v) is 14.6. The maximum absolute atomic E-state index is 5.71. The van der Waals surface area contributed by atoms with Crippen LogP contribution < -0.4 is 10.2 Å². The van der Waals surface area contributed by atoms with E-state index in [1.807, 2.05) is 0 Å². The van der Waals surface area contributed by atoms with Crippen molar-refractivity contribution in [2.45, 2.75) is 46.1 Å². The summed E-state index contributed by atoms with van der Waals surface area (Å²) >= 11 is 1.80. The summed E-state index contributed by atoms with van der Waals surface area (Å²) in [7, 11) is 2.10. The highest BCUT2D eigenvalue weighted by atomic mass is 32.1. The van der Waals surface area contributed by atoms with Gasteiger partial charge in [-0.2, -0.15) is 0 Å². The quantitative estimate of drug-likeness (QED) is 0.672. The Morgan fingerprint density at radius 3 is 2.90 bits per heavy atom. The van der Waals surface area contributed by atoms with Gasteiger partial charge >= 0.3 is 0 Å². The third-order valence-electron chi connectivity index (χ3n) is 3.86. The Balaban J connectivity index is 1.80. The zero-order valence-electron chi connectivity index (χ0n) is 13.8. The summed E-state index contributed by atoms with van der Waals surface area (Å²) < 4.78 is 5.71. The van der Waals surface area contributed by atoms with Crippen molar-refractivity contribution in [3.8, 4) is 0 Å². The van der Waals surface area contributed by atoms with Crippen molar-refractivity contribution in [2.24, 2.45) is 5.92 Å². The van der Waals surface area contributed by atoms with E-state index < -0.39 is 0 Å². The molecule has 2 rings (SSSR count). The molecular weight excluding hydrogens is 282 g/mol. The molecule has 0 aromatic carbocycles. The molecule has 1 aromatic heterocycles. The average Bonchev–Trinajstić information content (AvgIpc) is 3.21. The second-order valence-corrected chi connectivity index (χ2v) is 7.07. The van der Waals surface area contributed by atoms with Gasteiger partial charge < -0.3 is 15.0 Å². The smallest absolute Gasteiger partial charge is 0.185 e. The van der Waals surface area contributed by atoms with Crippen molar-refractivity contribution in [3.63, 3.8) is 0 Å². The van der Waals surface area contributed by atoms with Gasteiger partial charge in [-0.15, -0.1) is 11.3 Å². The fraction of sp³-hybridized carbons (Fsp3) is 0.812. The Hall–Kier alpha value is -0.650. The van der Waals surface area contributed by atoms with E-state index in [1.54, 1.807) is 11.3 Å². The molecule has 0 saturated heterocycles. The van der Waals surface area contributed by atoms with Crippen LogP contribution in [0.1, 0.15) is 49.7 Å². The molecule has 4 nitrogen and oxygen atoms in total. The summed E-state index contributed by atoms with van der Waals surface area (Å²) in [5.41, 5.74) is 1.15. The van der Waals surface area contributed by atoms with Crippen molar-refractivity contribution >= 4 is 16.5 Å². The second-order valence-electron chi connectivity index (χ2n) is 6.06. The van der Waals surface area contributed by atoms with E-state index in [2.05, 4.69) is 38.0 Å². The van der Waals surface area contributed by atoms with E-state index in [9.17, 15) is 0 Å². The Morgan fingerprint density at radius 1 is 1.48 bits per heavy atom. The molecule has 0 spiro atoms. The van der Waals surface area contributed by atoms with Crippen molar-refractivity contribution in [2.75, 3.05) is 38.3 Å². The fourth-order valence-corrected chi connectivity index (χ4v) is 3.32. The molecule has 21 heavy (non-hydrogen) atoms. The predicted octanol–water partition coefficient (Wildman–Crippen LogP) is 3.37. The van der Waals surface area contributed by atoms with E-state index in [0.717, 1.165) is 49.5 Å². The van der Waals surface area contributed by atoms with Crippen LogP contribution in [0.3, 0.4) is 0 Å². The Morgan fingerprint density at radius 2 is 2.24 bits per heavy atom. The Bertz CT molecular complexity index is 431. The lowest BCUT2D eigenvalue weighted by Gasteiger charge is -2.15. The van der Waals surface area contributed by atoms with Crippen LogP contribution in [-0.2, 0) is 4.74 Å². The van der Waals surface area contributed by atoms with Gasteiger partial charge in [0, 0.05) is 31.1 Å². The van der Waals surface area contributed by atoms with Crippen LogP contribution in [0.5, 0.6) is 0 Å². The first kappa shape index (κ1) is 16.7. The Kier molecular flexibility index (Phi) is 6.45. The number of hydrogen-bond acceptors (Lipinski definition) is 5. The van der Waals surface area contributed by atoms with Gasteiger partial charge in [-0.25, -0.2) is 4.98 Å². The lowest BCUT2D eigenvalue weighted by molar-refractivity contribution is 0.131. The molecule has 1 aliphatic rings. The van der Waals surface area contributed by atoms with Crippen LogP contribution in [0.15, 0.2) is 0 Å². The average molecular weight is 311 g/mol. The second kappa shape index (κ2) is 8.11. The van der Waals surface area contributed by atoms with Crippen LogP contribution in [0.25, 0.3) is 0 Å². The maximum Gasteiger partial charge on any atom is 0.185 e. The summed E-state index contributed by atoms with van der Waals surface area (Å²) in [5.74, 6) is 0.842. The number of nitrogens with one attached hydrogen (secondary N) is 1. The van der Waals surface area contributed by atoms with E-state index in [4.69, 9.17) is 9.72 Å². The molecule has 1 fully saturated rings. The van der Waals surface area contributed by atoms with E-state index in [0.29, 0.717) is 6.04 Å². The number of rotatable bonds is 10. The molecule has 1 aromatic rings. The summed E-state index contributed by atoms with van der Waals surface area (Å²) in [6, 6.07) is 0.385. The molecule has 1 saturated carbocycles. The van der Waals surface area contributed by atoms with Crippen LogP contribution in [0.4, 0.5) is 5.13 Å². The van der Waals surface area contributed by atoms with Gasteiger partial charge in [-0.3, -0.25) is 0 Å².